The van der Waals surface area contributed by atoms with Gasteiger partial charge in [-0.05, 0) is 84.9 Å². The normalized spacial score (nSPS) is 23.8. The molecule has 3 N–H and O–H groups in total. The van der Waals surface area contributed by atoms with Gasteiger partial charge in [-0.3, -0.25) is 19.7 Å². The Morgan fingerprint density at radius 1 is 0.857 bits per heavy atom. The molecule has 9 rings (SSSR count). The summed E-state index contributed by atoms with van der Waals surface area (Å²) < 4.78 is 6.18. The number of aromatic nitrogens is 1. The lowest BCUT2D eigenvalue weighted by atomic mass is 9.71. The number of carbonyl (C=O) groups is 3. The molecule has 0 unspecified atom stereocenters. The van der Waals surface area contributed by atoms with Crippen LogP contribution in [-0.2, 0) is 9.59 Å². The summed E-state index contributed by atoms with van der Waals surface area (Å²) in [5.74, 6) is 0.836. The van der Waals surface area contributed by atoms with Gasteiger partial charge in [0.25, 0.3) is 5.91 Å². The zero-order chi connectivity index (χ0) is 38.2. The summed E-state index contributed by atoms with van der Waals surface area (Å²) in [6.45, 7) is 8.25. The predicted molar refractivity (Wildman–Crippen MR) is 214 cm³/mol. The SMILES string of the molecule is O=C1CC[C@@H](NC(=O)c2ccc(N3CCC(CN4CC5(CCN(c6ccc([C@H]7c8ccc(O)cc8OC[C@H]7c7ccccc7)cc6)CC5)C4)CC3)cn2)C(=O)N1. The second kappa shape index (κ2) is 15.3. The monoisotopic (exact) mass is 754 g/mol. The van der Waals surface area contributed by atoms with Crippen molar-refractivity contribution in [1.82, 2.24) is 20.5 Å². The number of rotatable bonds is 8. The second-order valence-corrected chi connectivity index (χ2v) is 16.6. The van der Waals surface area contributed by atoms with Crippen LogP contribution in [0.1, 0.15) is 77.5 Å². The van der Waals surface area contributed by atoms with E-state index in [0.717, 1.165) is 62.6 Å². The third-order valence-corrected chi connectivity index (χ3v) is 13.0. The number of nitrogens with zero attached hydrogens (tertiary/aromatic N) is 4. The quantitative estimate of drug-likeness (QED) is 0.202. The summed E-state index contributed by atoms with van der Waals surface area (Å²) in [4.78, 5) is 48.1. The largest absolute Gasteiger partial charge is 0.508 e. The minimum atomic E-state index is -0.714. The highest BCUT2D eigenvalue weighted by molar-refractivity contribution is 6.03. The molecule has 11 nitrogen and oxygen atoms in total. The number of carbonyl (C=O) groups excluding carboxylic acids is 3. The van der Waals surface area contributed by atoms with E-state index in [1.165, 1.54) is 42.7 Å². The van der Waals surface area contributed by atoms with Crippen molar-refractivity contribution in [2.75, 3.05) is 62.2 Å². The minimum Gasteiger partial charge on any atom is -0.508 e. The minimum absolute atomic E-state index is 0.145. The second-order valence-electron chi connectivity index (χ2n) is 16.6. The third-order valence-electron chi connectivity index (χ3n) is 13.0. The first-order valence-corrected chi connectivity index (χ1v) is 20.2. The number of phenols is 1. The molecule has 0 radical (unpaired) electrons. The molecule has 0 aliphatic carbocycles. The van der Waals surface area contributed by atoms with Crippen LogP contribution in [0.25, 0.3) is 0 Å². The summed E-state index contributed by atoms with van der Waals surface area (Å²) >= 11 is 0. The Morgan fingerprint density at radius 3 is 2.30 bits per heavy atom. The van der Waals surface area contributed by atoms with Crippen LogP contribution >= 0.6 is 0 Å². The first kappa shape index (κ1) is 36.2. The first-order valence-electron chi connectivity index (χ1n) is 20.2. The van der Waals surface area contributed by atoms with Crippen molar-refractivity contribution in [1.29, 1.82) is 0 Å². The van der Waals surface area contributed by atoms with Gasteiger partial charge in [-0.25, -0.2) is 4.98 Å². The third kappa shape index (κ3) is 7.44. The fourth-order valence-electron chi connectivity index (χ4n) is 9.79. The Labute approximate surface area is 328 Å². The fourth-order valence-corrected chi connectivity index (χ4v) is 9.79. The number of amides is 3. The van der Waals surface area contributed by atoms with Crippen LogP contribution in [0.2, 0.25) is 0 Å². The van der Waals surface area contributed by atoms with Crippen LogP contribution in [0, 0.1) is 11.3 Å². The van der Waals surface area contributed by atoms with Gasteiger partial charge in [-0.2, -0.15) is 0 Å². The molecule has 4 fully saturated rings. The molecular weight excluding hydrogens is 705 g/mol. The number of aromatic hydroxyl groups is 1. The number of hydrogen-bond donors (Lipinski definition) is 3. The number of piperidine rings is 3. The van der Waals surface area contributed by atoms with E-state index in [1.807, 2.05) is 12.1 Å². The lowest BCUT2D eigenvalue weighted by Gasteiger charge is -2.55. The van der Waals surface area contributed by atoms with Gasteiger partial charge in [0, 0.05) is 81.4 Å². The lowest BCUT2D eigenvalue weighted by molar-refractivity contribution is -0.134. The highest BCUT2D eigenvalue weighted by Gasteiger charge is 2.45. The summed E-state index contributed by atoms with van der Waals surface area (Å²) in [5.41, 5.74) is 6.67. The van der Waals surface area contributed by atoms with Crippen LogP contribution in [0.4, 0.5) is 11.4 Å². The molecule has 3 atom stereocenters. The van der Waals surface area contributed by atoms with E-state index in [-0.39, 0.29) is 35.6 Å². The Kier molecular flexibility index (Phi) is 9.87. The van der Waals surface area contributed by atoms with E-state index in [2.05, 4.69) is 84.9 Å². The van der Waals surface area contributed by atoms with E-state index < -0.39 is 17.9 Å². The number of fused-ring (bicyclic) bond motifs is 1. The maximum absolute atomic E-state index is 12.7. The van der Waals surface area contributed by atoms with Crippen molar-refractivity contribution in [2.24, 2.45) is 11.3 Å². The Hall–Kier alpha value is -5.42. The van der Waals surface area contributed by atoms with Crippen LogP contribution in [0.5, 0.6) is 11.5 Å². The molecule has 1 aromatic heterocycles. The average molecular weight is 755 g/mol. The zero-order valence-corrected chi connectivity index (χ0v) is 31.7. The van der Waals surface area contributed by atoms with E-state index in [4.69, 9.17) is 4.74 Å². The van der Waals surface area contributed by atoms with E-state index in [9.17, 15) is 19.5 Å². The van der Waals surface area contributed by atoms with Gasteiger partial charge in [0.1, 0.15) is 23.2 Å². The maximum Gasteiger partial charge on any atom is 0.270 e. The number of likely N-dealkylation sites (tertiary alicyclic amines) is 1. The van der Waals surface area contributed by atoms with Crippen LogP contribution in [-0.4, -0.2) is 91.2 Å². The van der Waals surface area contributed by atoms with Gasteiger partial charge >= 0.3 is 0 Å². The van der Waals surface area contributed by atoms with Crippen molar-refractivity contribution in [2.45, 2.75) is 56.4 Å². The molecule has 4 aromatic rings. The smallest absolute Gasteiger partial charge is 0.270 e. The molecule has 3 aromatic carbocycles. The van der Waals surface area contributed by atoms with E-state index in [0.29, 0.717) is 24.4 Å². The molecular formula is C45H50N6O5. The van der Waals surface area contributed by atoms with Crippen molar-refractivity contribution in [3.05, 3.63) is 114 Å². The fraction of sp³-hybridized carbons (Fsp3) is 0.422. The Bertz CT molecular complexity index is 2050. The van der Waals surface area contributed by atoms with Crippen LogP contribution < -0.4 is 25.2 Å². The molecule has 11 heteroatoms. The maximum atomic E-state index is 12.7. The molecule has 4 saturated heterocycles. The molecule has 6 heterocycles. The van der Waals surface area contributed by atoms with Crippen LogP contribution in [0.15, 0.2) is 91.1 Å². The number of hydrogen-bond acceptors (Lipinski definition) is 9. The van der Waals surface area contributed by atoms with Crippen molar-refractivity contribution < 1.29 is 24.2 Å². The highest BCUT2D eigenvalue weighted by atomic mass is 16.5. The predicted octanol–water partition coefficient (Wildman–Crippen LogP) is 5.45. The van der Waals surface area contributed by atoms with Gasteiger partial charge < -0.3 is 29.9 Å². The molecule has 1 spiro atoms. The number of anilines is 2. The molecule has 290 valence electrons. The Morgan fingerprint density at radius 2 is 1.59 bits per heavy atom. The number of ether oxygens (including phenoxy) is 1. The summed E-state index contributed by atoms with van der Waals surface area (Å²) in [6, 6.07) is 28.3. The first-order chi connectivity index (χ1) is 27.3. The van der Waals surface area contributed by atoms with Gasteiger partial charge in [0.05, 0.1) is 18.5 Å². The van der Waals surface area contributed by atoms with Gasteiger partial charge in [-0.15, -0.1) is 0 Å². The van der Waals surface area contributed by atoms with Crippen molar-refractivity contribution in [3.63, 3.8) is 0 Å². The molecule has 3 amide bonds. The molecule has 5 aliphatic rings. The van der Waals surface area contributed by atoms with E-state index in [1.54, 1.807) is 24.4 Å². The number of pyridine rings is 1. The molecule has 0 saturated carbocycles. The van der Waals surface area contributed by atoms with Crippen molar-refractivity contribution >= 4 is 29.1 Å². The topological polar surface area (TPSA) is 127 Å². The summed E-state index contributed by atoms with van der Waals surface area (Å²) in [5, 5.41) is 15.1. The number of imide groups is 1. The standard InChI is InChI=1S/C45H50N6O5/c52-35-11-12-36-40(24-35)56-27-37(31-4-2-1-3-5-31)42(36)32-6-8-33(9-7-32)51-22-18-45(19-23-51)28-49(29-45)26-30-16-20-50(21-17-30)34-10-13-38(46-25-34)43(54)47-39-14-15-41(53)48-44(39)55/h1-13,24-25,30,37,39,42,52H,14-23,26-29H2,(H,47,54)(H,48,53,55)/t37-,39+,42-/m0/s1. The summed E-state index contributed by atoms with van der Waals surface area (Å²) in [7, 11) is 0. The molecule has 0 bridgehead atoms. The number of phenolic OH excluding ortho intramolecular Hbond substituents is 1. The number of nitrogens with one attached hydrogen (secondary N) is 2. The lowest BCUT2D eigenvalue weighted by Crippen LogP contribution is -2.61. The number of benzene rings is 3. The highest BCUT2D eigenvalue weighted by Crippen LogP contribution is 2.48. The summed E-state index contributed by atoms with van der Waals surface area (Å²) in [6.07, 6.45) is 7.00. The zero-order valence-electron chi connectivity index (χ0n) is 31.7. The van der Waals surface area contributed by atoms with Crippen molar-refractivity contribution in [3.8, 4) is 11.5 Å². The van der Waals surface area contributed by atoms with Gasteiger partial charge in [0.15, 0.2) is 0 Å². The van der Waals surface area contributed by atoms with E-state index >= 15 is 0 Å². The van der Waals surface area contributed by atoms with Gasteiger partial charge in [0.2, 0.25) is 11.8 Å². The Balaban J connectivity index is 0.737. The molecule has 5 aliphatic heterocycles. The average Bonchev–Trinajstić information content (AvgIpc) is 3.22. The molecule has 56 heavy (non-hydrogen) atoms. The van der Waals surface area contributed by atoms with Gasteiger partial charge in [-0.1, -0.05) is 48.5 Å². The van der Waals surface area contributed by atoms with Crippen LogP contribution in [0.3, 0.4) is 0 Å².